The largest absolute Gasteiger partial charge is 0.485 e. The predicted molar refractivity (Wildman–Crippen MR) is 89.2 cm³/mol. The molecule has 0 unspecified atom stereocenters. The van der Waals surface area contributed by atoms with Gasteiger partial charge in [0.05, 0.1) is 5.71 Å². The topological polar surface area (TPSA) is 72.3 Å². The molecule has 2 atom stereocenters. The Morgan fingerprint density at radius 2 is 2.09 bits per heavy atom. The summed E-state index contributed by atoms with van der Waals surface area (Å²) >= 11 is 0. The number of β-amino-alcohol motifs (C(OH)–C–C–N with tert-alkyl or cyclic N) is 1. The number of rotatable bonds is 6. The Balaban J connectivity index is 1.78. The van der Waals surface area contributed by atoms with Gasteiger partial charge in [-0.2, -0.15) is 0 Å². The highest BCUT2D eigenvalue weighted by Crippen LogP contribution is 2.31. The Morgan fingerprint density at radius 3 is 2.78 bits per heavy atom. The van der Waals surface area contributed by atoms with E-state index in [0.717, 1.165) is 5.75 Å². The number of nitrogens with zero attached hydrogens (tertiary/aromatic N) is 1. The molecule has 2 N–H and O–H groups in total. The van der Waals surface area contributed by atoms with Crippen molar-refractivity contribution in [3.05, 3.63) is 24.3 Å². The molecule has 6 heteroatoms. The number of benzene rings is 1. The highest BCUT2D eigenvalue weighted by atomic mass is 16.6. The monoisotopic (exact) mass is 322 g/mol. The van der Waals surface area contributed by atoms with Crippen molar-refractivity contribution in [2.75, 3.05) is 19.8 Å². The van der Waals surface area contributed by atoms with Gasteiger partial charge in [-0.3, -0.25) is 0 Å². The average Bonchev–Trinajstić information content (AvgIpc) is 2.51. The van der Waals surface area contributed by atoms with E-state index in [0.29, 0.717) is 24.6 Å². The van der Waals surface area contributed by atoms with Gasteiger partial charge in [-0.05, 0) is 39.8 Å². The lowest BCUT2D eigenvalue weighted by Gasteiger charge is -2.26. The molecular weight excluding hydrogens is 296 g/mol. The molecule has 2 rings (SSSR count). The fourth-order valence-electron chi connectivity index (χ4n) is 1.99. The van der Waals surface area contributed by atoms with Crippen molar-refractivity contribution in [1.82, 2.24) is 5.32 Å². The molecule has 6 nitrogen and oxygen atoms in total. The molecule has 0 aromatic heterocycles. The third kappa shape index (κ3) is 5.73. The molecule has 0 saturated heterocycles. The maximum absolute atomic E-state index is 9.85. The number of nitrogens with one attached hydrogen (secondary N) is 1. The van der Waals surface area contributed by atoms with E-state index in [4.69, 9.17) is 14.3 Å². The molecule has 1 aliphatic rings. The first-order valence-electron chi connectivity index (χ1n) is 7.83. The van der Waals surface area contributed by atoms with E-state index >= 15 is 0 Å². The summed E-state index contributed by atoms with van der Waals surface area (Å²) < 4.78 is 11.5. The first-order valence-corrected chi connectivity index (χ1v) is 7.83. The van der Waals surface area contributed by atoms with E-state index in [1.807, 2.05) is 52.0 Å². The van der Waals surface area contributed by atoms with Gasteiger partial charge in [0.15, 0.2) is 17.6 Å². The minimum atomic E-state index is -0.616. The zero-order valence-electron chi connectivity index (χ0n) is 14.2. The molecule has 0 spiro atoms. The standard InChI is InChI=1S/C17H26N2O4/c1-12(19-22-10-13(20)9-18-17(2,3)4)16-11-21-14-7-5-6-8-15(14)23-16/h5-8,13,16,18,20H,9-11H2,1-4H3/b19-12-/t13-,16+/m1/s1. The minimum Gasteiger partial charge on any atom is -0.485 e. The van der Waals surface area contributed by atoms with Gasteiger partial charge in [0.2, 0.25) is 0 Å². The maximum Gasteiger partial charge on any atom is 0.174 e. The van der Waals surface area contributed by atoms with Gasteiger partial charge in [-0.1, -0.05) is 17.3 Å². The summed E-state index contributed by atoms with van der Waals surface area (Å²) in [4.78, 5) is 5.23. The van der Waals surface area contributed by atoms with Crippen molar-refractivity contribution in [1.29, 1.82) is 0 Å². The van der Waals surface area contributed by atoms with E-state index in [9.17, 15) is 5.11 Å². The highest BCUT2D eigenvalue weighted by molar-refractivity contribution is 5.86. The van der Waals surface area contributed by atoms with Crippen LogP contribution in [-0.4, -0.2) is 48.3 Å². The molecular formula is C17H26N2O4. The van der Waals surface area contributed by atoms with Crippen LogP contribution in [0.5, 0.6) is 11.5 Å². The summed E-state index contributed by atoms with van der Waals surface area (Å²) in [6, 6.07) is 7.52. The van der Waals surface area contributed by atoms with Crippen molar-refractivity contribution < 1.29 is 19.4 Å². The van der Waals surface area contributed by atoms with Gasteiger partial charge in [0.25, 0.3) is 0 Å². The smallest absolute Gasteiger partial charge is 0.174 e. The second-order valence-electron chi connectivity index (χ2n) is 6.68. The van der Waals surface area contributed by atoms with Crippen LogP contribution in [0.1, 0.15) is 27.7 Å². The van der Waals surface area contributed by atoms with E-state index in [2.05, 4.69) is 10.5 Å². The molecule has 0 amide bonds. The number of hydrogen-bond donors (Lipinski definition) is 2. The second-order valence-corrected chi connectivity index (χ2v) is 6.68. The number of aliphatic hydroxyl groups is 1. The summed E-state index contributed by atoms with van der Waals surface area (Å²) in [5, 5.41) is 17.1. The summed E-state index contributed by atoms with van der Waals surface area (Å²) in [5.74, 6) is 1.44. The SMILES string of the molecule is C/C(=N/OC[C@H](O)CNC(C)(C)C)[C@@H]1COc2ccccc2O1. The minimum absolute atomic E-state index is 0.0408. The molecule has 1 aliphatic heterocycles. The van der Waals surface area contributed by atoms with Crippen LogP contribution in [0.15, 0.2) is 29.4 Å². The van der Waals surface area contributed by atoms with Gasteiger partial charge in [-0.15, -0.1) is 0 Å². The second kappa shape index (κ2) is 7.66. The number of oxime groups is 1. The van der Waals surface area contributed by atoms with Crippen molar-refractivity contribution in [2.24, 2.45) is 5.16 Å². The van der Waals surface area contributed by atoms with E-state index in [1.54, 1.807) is 0 Å². The Kier molecular flexibility index (Phi) is 5.85. The van der Waals surface area contributed by atoms with E-state index in [1.165, 1.54) is 0 Å². The van der Waals surface area contributed by atoms with Crippen LogP contribution in [-0.2, 0) is 4.84 Å². The quantitative estimate of drug-likeness (QED) is 0.619. The highest BCUT2D eigenvalue weighted by Gasteiger charge is 2.23. The molecule has 0 aliphatic carbocycles. The van der Waals surface area contributed by atoms with Gasteiger partial charge in [-0.25, -0.2) is 0 Å². The number of hydrogen-bond acceptors (Lipinski definition) is 6. The number of para-hydroxylation sites is 2. The molecule has 23 heavy (non-hydrogen) atoms. The summed E-state index contributed by atoms with van der Waals surface area (Å²) in [6.07, 6.45) is -0.898. The van der Waals surface area contributed by atoms with Crippen molar-refractivity contribution in [2.45, 2.75) is 45.4 Å². The van der Waals surface area contributed by atoms with E-state index in [-0.39, 0.29) is 18.2 Å². The number of ether oxygens (including phenoxy) is 2. The number of fused-ring (bicyclic) bond motifs is 1. The maximum atomic E-state index is 9.85. The zero-order chi connectivity index (χ0) is 16.9. The summed E-state index contributed by atoms with van der Waals surface area (Å²) in [6.45, 7) is 8.92. The van der Waals surface area contributed by atoms with Crippen LogP contribution in [0.2, 0.25) is 0 Å². The molecule has 0 fully saturated rings. The van der Waals surface area contributed by atoms with E-state index < -0.39 is 6.10 Å². The molecule has 1 aromatic carbocycles. The third-order valence-electron chi connectivity index (χ3n) is 3.32. The van der Waals surface area contributed by atoms with Gasteiger partial charge in [0.1, 0.15) is 19.3 Å². The first-order chi connectivity index (χ1) is 10.8. The molecule has 1 heterocycles. The van der Waals surface area contributed by atoms with Crippen LogP contribution in [0.3, 0.4) is 0 Å². The predicted octanol–water partition coefficient (Wildman–Crippen LogP) is 1.97. The molecule has 0 radical (unpaired) electrons. The first kappa shape index (κ1) is 17.6. The molecule has 1 aromatic rings. The number of aliphatic hydroxyl groups excluding tert-OH is 1. The lowest BCUT2D eigenvalue weighted by molar-refractivity contribution is 0.0347. The Morgan fingerprint density at radius 1 is 1.39 bits per heavy atom. The van der Waals surface area contributed by atoms with Crippen molar-refractivity contribution in [3.8, 4) is 11.5 Å². The molecule has 0 saturated carbocycles. The van der Waals surface area contributed by atoms with Crippen LogP contribution < -0.4 is 14.8 Å². The van der Waals surface area contributed by atoms with Crippen LogP contribution in [0.25, 0.3) is 0 Å². The normalized spacial score (nSPS) is 19.3. The van der Waals surface area contributed by atoms with Crippen molar-refractivity contribution >= 4 is 5.71 Å². The molecule has 128 valence electrons. The van der Waals surface area contributed by atoms with Crippen molar-refractivity contribution in [3.63, 3.8) is 0 Å². The zero-order valence-corrected chi connectivity index (χ0v) is 14.2. The average molecular weight is 322 g/mol. The van der Waals surface area contributed by atoms with Crippen LogP contribution in [0.4, 0.5) is 0 Å². The van der Waals surface area contributed by atoms with Gasteiger partial charge >= 0.3 is 0 Å². The Labute approximate surface area is 137 Å². The fourth-order valence-corrected chi connectivity index (χ4v) is 1.99. The Bertz CT molecular complexity index is 540. The summed E-state index contributed by atoms with van der Waals surface area (Å²) in [5.41, 5.74) is 0.636. The lowest BCUT2D eigenvalue weighted by Crippen LogP contribution is -2.42. The fraction of sp³-hybridized carbons (Fsp3) is 0.588. The van der Waals surface area contributed by atoms with Crippen LogP contribution in [0, 0.1) is 0 Å². The Hall–Kier alpha value is -1.79. The van der Waals surface area contributed by atoms with Gasteiger partial charge in [0, 0.05) is 12.1 Å². The summed E-state index contributed by atoms with van der Waals surface area (Å²) in [7, 11) is 0. The molecule has 0 bridgehead atoms. The third-order valence-corrected chi connectivity index (χ3v) is 3.32. The lowest BCUT2D eigenvalue weighted by atomic mass is 10.1. The van der Waals surface area contributed by atoms with Gasteiger partial charge < -0.3 is 24.7 Å². The van der Waals surface area contributed by atoms with Crippen LogP contribution >= 0.6 is 0 Å².